The zero-order valence-corrected chi connectivity index (χ0v) is 10.1. The SMILES string of the molecule is COc1cc2c(cc1C)sc1ccccc12. The van der Waals surface area contributed by atoms with Gasteiger partial charge in [-0.1, -0.05) is 18.2 Å². The van der Waals surface area contributed by atoms with Gasteiger partial charge in [-0.15, -0.1) is 11.3 Å². The van der Waals surface area contributed by atoms with E-state index in [1.807, 2.05) is 11.3 Å². The van der Waals surface area contributed by atoms with E-state index in [4.69, 9.17) is 4.74 Å². The molecule has 0 unspecified atom stereocenters. The zero-order chi connectivity index (χ0) is 11.1. The van der Waals surface area contributed by atoms with Crippen LogP contribution in [0.2, 0.25) is 0 Å². The van der Waals surface area contributed by atoms with E-state index < -0.39 is 0 Å². The van der Waals surface area contributed by atoms with Crippen molar-refractivity contribution in [2.75, 3.05) is 7.11 Å². The molecular formula is C14H12OS. The van der Waals surface area contributed by atoms with Gasteiger partial charge in [-0.25, -0.2) is 0 Å². The van der Waals surface area contributed by atoms with Crippen LogP contribution < -0.4 is 4.74 Å². The molecule has 0 aliphatic rings. The summed E-state index contributed by atoms with van der Waals surface area (Å²) in [6.45, 7) is 2.09. The molecule has 0 radical (unpaired) electrons. The Morgan fingerprint density at radius 1 is 1.00 bits per heavy atom. The van der Waals surface area contributed by atoms with E-state index in [-0.39, 0.29) is 0 Å². The van der Waals surface area contributed by atoms with Gasteiger partial charge in [-0.2, -0.15) is 0 Å². The van der Waals surface area contributed by atoms with Crippen molar-refractivity contribution >= 4 is 31.5 Å². The predicted molar refractivity (Wildman–Crippen MR) is 70.6 cm³/mol. The average molecular weight is 228 g/mol. The molecule has 0 fully saturated rings. The van der Waals surface area contributed by atoms with Gasteiger partial charge in [0.2, 0.25) is 0 Å². The van der Waals surface area contributed by atoms with E-state index in [0.29, 0.717) is 0 Å². The average Bonchev–Trinajstić information content (AvgIpc) is 2.65. The van der Waals surface area contributed by atoms with Crippen LogP contribution in [0.1, 0.15) is 5.56 Å². The van der Waals surface area contributed by atoms with Crippen LogP contribution >= 0.6 is 11.3 Å². The van der Waals surface area contributed by atoms with Crippen molar-refractivity contribution < 1.29 is 4.74 Å². The summed E-state index contributed by atoms with van der Waals surface area (Å²) < 4.78 is 8.05. The molecule has 0 amide bonds. The van der Waals surface area contributed by atoms with Gasteiger partial charge in [0.1, 0.15) is 5.75 Å². The minimum Gasteiger partial charge on any atom is -0.496 e. The number of methoxy groups -OCH3 is 1. The highest BCUT2D eigenvalue weighted by Gasteiger charge is 2.07. The third-order valence-electron chi connectivity index (χ3n) is 2.89. The van der Waals surface area contributed by atoms with Crippen LogP contribution in [0.15, 0.2) is 36.4 Å². The van der Waals surface area contributed by atoms with Gasteiger partial charge >= 0.3 is 0 Å². The Labute approximate surface area is 98.3 Å². The quantitative estimate of drug-likeness (QED) is 0.601. The third kappa shape index (κ3) is 1.30. The van der Waals surface area contributed by atoms with Crippen molar-refractivity contribution in [3.05, 3.63) is 42.0 Å². The Morgan fingerprint density at radius 2 is 1.81 bits per heavy atom. The maximum Gasteiger partial charge on any atom is 0.122 e. The topological polar surface area (TPSA) is 9.23 Å². The van der Waals surface area contributed by atoms with Gasteiger partial charge in [0, 0.05) is 20.2 Å². The number of rotatable bonds is 1. The van der Waals surface area contributed by atoms with Crippen LogP contribution in [-0.4, -0.2) is 7.11 Å². The largest absolute Gasteiger partial charge is 0.496 e. The number of benzene rings is 2. The van der Waals surface area contributed by atoms with Crippen molar-refractivity contribution in [2.45, 2.75) is 6.92 Å². The molecule has 0 saturated heterocycles. The Hall–Kier alpha value is -1.54. The van der Waals surface area contributed by atoms with E-state index >= 15 is 0 Å². The lowest BCUT2D eigenvalue weighted by Gasteiger charge is -2.03. The van der Waals surface area contributed by atoms with Crippen molar-refractivity contribution in [1.29, 1.82) is 0 Å². The van der Waals surface area contributed by atoms with Gasteiger partial charge in [0.25, 0.3) is 0 Å². The molecule has 0 N–H and O–H groups in total. The lowest BCUT2D eigenvalue weighted by Crippen LogP contribution is -1.85. The van der Waals surface area contributed by atoms with Crippen molar-refractivity contribution in [3.63, 3.8) is 0 Å². The predicted octanol–water partition coefficient (Wildman–Crippen LogP) is 4.37. The summed E-state index contributed by atoms with van der Waals surface area (Å²) in [7, 11) is 1.72. The number of thiophene rings is 1. The van der Waals surface area contributed by atoms with E-state index in [1.54, 1.807) is 7.11 Å². The third-order valence-corrected chi connectivity index (χ3v) is 4.03. The summed E-state index contributed by atoms with van der Waals surface area (Å²) in [6.07, 6.45) is 0. The summed E-state index contributed by atoms with van der Waals surface area (Å²) in [5.74, 6) is 0.969. The summed E-state index contributed by atoms with van der Waals surface area (Å²) in [5, 5.41) is 2.61. The Bertz CT molecular complexity index is 667. The minimum absolute atomic E-state index is 0.969. The molecule has 3 aromatic rings. The number of ether oxygens (including phenoxy) is 1. The second-order valence-electron chi connectivity index (χ2n) is 3.92. The van der Waals surface area contributed by atoms with Crippen molar-refractivity contribution in [1.82, 2.24) is 0 Å². The summed E-state index contributed by atoms with van der Waals surface area (Å²) in [4.78, 5) is 0. The van der Waals surface area contributed by atoms with Crippen LogP contribution in [0.5, 0.6) is 5.75 Å². The Balaban J connectivity index is 2.47. The molecule has 80 valence electrons. The Morgan fingerprint density at radius 3 is 2.62 bits per heavy atom. The fourth-order valence-corrected chi connectivity index (χ4v) is 3.26. The highest BCUT2D eigenvalue weighted by molar-refractivity contribution is 7.25. The van der Waals surface area contributed by atoms with Crippen LogP contribution in [0.25, 0.3) is 20.2 Å². The van der Waals surface area contributed by atoms with Crippen LogP contribution in [0.4, 0.5) is 0 Å². The first kappa shape index (κ1) is 9.67. The fraction of sp³-hybridized carbons (Fsp3) is 0.143. The first-order valence-corrected chi connectivity index (χ1v) is 6.07. The molecule has 16 heavy (non-hydrogen) atoms. The maximum absolute atomic E-state index is 5.38. The van der Waals surface area contributed by atoms with Crippen LogP contribution in [0.3, 0.4) is 0 Å². The monoisotopic (exact) mass is 228 g/mol. The first-order chi connectivity index (χ1) is 7.79. The summed E-state index contributed by atoms with van der Waals surface area (Å²) in [6, 6.07) is 12.9. The van der Waals surface area contributed by atoms with Crippen molar-refractivity contribution in [3.8, 4) is 5.75 Å². The number of hydrogen-bond donors (Lipinski definition) is 0. The highest BCUT2D eigenvalue weighted by atomic mass is 32.1. The first-order valence-electron chi connectivity index (χ1n) is 5.25. The second-order valence-corrected chi connectivity index (χ2v) is 5.00. The molecule has 0 bridgehead atoms. The normalized spacial score (nSPS) is 11.1. The van der Waals surface area contributed by atoms with Crippen molar-refractivity contribution in [2.24, 2.45) is 0 Å². The molecule has 1 nitrogen and oxygen atoms in total. The minimum atomic E-state index is 0.969. The summed E-state index contributed by atoms with van der Waals surface area (Å²) in [5.41, 5.74) is 1.20. The van der Waals surface area contributed by atoms with Gasteiger partial charge in [-0.3, -0.25) is 0 Å². The van der Waals surface area contributed by atoms with Crippen LogP contribution in [-0.2, 0) is 0 Å². The molecule has 0 spiro atoms. The lowest BCUT2D eigenvalue weighted by molar-refractivity contribution is 0.412. The van der Waals surface area contributed by atoms with Gasteiger partial charge in [-0.05, 0) is 30.7 Å². The number of aryl methyl sites for hydroxylation is 1. The molecule has 2 aromatic carbocycles. The highest BCUT2D eigenvalue weighted by Crippen LogP contribution is 2.37. The maximum atomic E-state index is 5.38. The Kier molecular flexibility index (Phi) is 2.11. The van der Waals surface area contributed by atoms with E-state index in [1.165, 1.54) is 25.7 Å². The molecule has 2 heteroatoms. The smallest absolute Gasteiger partial charge is 0.122 e. The fourth-order valence-electron chi connectivity index (χ4n) is 2.07. The van der Waals surface area contributed by atoms with Gasteiger partial charge in [0.15, 0.2) is 0 Å². The van der Waals surface area contributed by atoms with E-state index in [9.17, 15) is 0 Å². The molecule has 0 aliphatic heterocycles. The van der Waals surface area contributed by atoms with Gasteiger partial charge < -0.3 is 4.74 Å². The molecule has 3 rings (SSSR count). The molecular weight excluding hydrogens is 216 g/mol. The number of fused-ring (bicyclic) bond motifs is 3. The molecule has 1 aromatic heterocycles. The van der Waals surface area contributed by atoms with E-state index in [2.05, 4.69) is 43.3 Å². The van der Waals surface area contributed by atoms with Gasteiger partial charge in [0.05, 0.1) is 7.11 Å². The number of hydrogen-bond acceptors (Lipinski definition) is 2. The second kappa shape index (κ2) is 3.49. The standard InChI is InChI=1S/C14H12OS/c1-9-7-14-11(8-12(9)15-2)10-5-3-4-6-13(10)16-14/h3-8H,1-2H3. The molecule has 0 saturated carbocycles. The van der Waals surface area contributed by atoms with Crippen LogP contribution in [0, 0.1) is 6.92 Å². The summed E-state index contributed by atoms with van der Waals surface area (Å²) >= 11 is 1.84. The zero-order valence-electron chi connectivity index (χ0n) is 9.28. The molecule has 1 heterocycles. The lowest BCUT2D eigenvalue weighted by atomic mass is 10.1. The van der Waals surface area contributed by atoms with E-state index in [0.717, 1.165) is 5.75 Å². The molecule has 0 atom stereocenters. The molecule has 0 aliphatic carbocycles.